The molecule has 1 atom stereocenters. The van der Waals surface area contributed by atoms with Crippen LogP contribution < -0.4 is 0 Å². The fraction of sp³-hybridized carbons (Fsp3) is 0.296. The van der Waals surface area contributed by atoms with Gasteiger partial charge >= 0.3 is 0 Å². The van der Waals surface area contributed by atoms with E-state index >= 15 is 0 Å². The first-order valence-electron chi connectivity index (χ1n) is 11.6. The second kappa shape index (κ2) is 9.17. The highest BCUT2D eigenvalue weighted by Gasteiger charge is 2.28. The fourth-order valence-electron chi connectivity index (χ4n) is 4.29. The molecule has 5 rings (SSSR count). The molecule has 4 aromatic rings. The quantitative estimate of drug-likeness (QED) is 0.408. The first kappa shape index (κ1) is 21.9. The van der Waals surface area contributed by atoms with Gasteiger partial charge in [-0.3, -0.25) is 9.78 Å². The highest BCUT2D eigenvalue weighted by molar-refractivity contribution is 5.94. The van der Waals surface area contributed by atoms with Crippen molar-refractivity contribution < 1.29 is 9.21 Å². The molecule has 0 bridgehead atoms. The standard InChI is InChI=1S/C27H27N5O2/c1-17(2)22-13-14-32(16-22)27(33)21-11-9-19(10-12-21)23-15-28-18(3)24(29-23)26-31-30-25(34-26)20-7-5-4-6-8-20/h4-12,15,17,22H,13-14,16H2,1-3H3/t22-/m1/s1. The number of carbonyl (C=O) groups excluding carboxylic acids is 1. The number of hydrogen-bond donors (Lipinski definition) is 0. The zero-order valence-corrected chi connectivity index (χ0v) is 19.6. The van der Waals surface area contributed by atoms with Gasteiger partial charge in [0.1, 0.15) is 5.69 Å². The highest BCUT2D eigenvalue weighted by Crippen LogP contribution is 2.28. The molecule has 0 radical (unpaired) electrons. The molecule has 3 heterocycles. The van der Waals surface area contributed by atoms with E-state index in [-0.39, 0.29) is 5.91 Å². The van der Waals surface area contributed by atoms with E-state index in [4.69, 9.17) is 9.40 Å². The van der Waals surface area contributed by atoms with Crippen LogP contribution in [0.25, 0.3) is 34.3 Å². The predicted octanol–water partition coefficient (Wildman–Crippen LogP) is 5.29. The SMILES string of the molecule is Cc1ncc(-c2ccc(C(=O)N3CC[C@@H](C(C)C)C3)cc2)nc1-c1nnc(-c2ccccc2)o1. The summed E-state index contributed by atoms with van der Waals surface area (Å²) in [4.78, 5) is 24.1. The maximum Gasteiger partial charge on any atom is 0.268 e. The summed E-state index contributed by atoms with van der Waals surface area (Å²) < 4.78 is 5.89. The largest absolute Gasteiger partial charge is 0.415 e. The van der Waals surface area contributed by atoms with Gasteiger partial charge in [-0.25, -0.2) is 4.98 Å². The van der Waals surface area contributed by atoms with Crippen LogP contribution in [0.3, 0.4) is 0 Å². The van der Waals surface area contributed by atoms with Crippen molar-refractivity contribution in [2.45, 2.75) is 27.2 Å². The predicted molar refractivity (Wildman–Crippen MR) is 130 cm³/mol. The number of aryl methyl sites for hydroxylation is 1. The van der Waals surface area contributed by atoms with E-state index in [2.05, 4.69) is 29.0 Å². The molecule has 1 fully saturated rings. The van der Waals surface area contributed by atoms with E-state index < -0.39 is 0 Å². The number of amides is 1. The Morgan fingerprint density at radius 1 is 1.00 bits per heavy atom. The van der Waals surface area contributed by atoms with E-state index in [0.29, 0.717) is 46.3 Å². The van der Waals surface area contributed by atoms with Gasteiger partial charge in [-0.05, 0) is 49.4 Å². The zero-order chi connectivity index (χ0) is 23.7. The van der Waals surface area contributed by atoms with Crippen LogP contribution in [0.5, 0.6) is 0 Å². The Morgan fingerprint density at radius 3 is 2.44 bits per heavy atom. The van der Waals surface area contributed by atoms with E-state index in [1.807, 2.05) is 66.4 Å². The zero-order valence-electron chi connectivity index (χ0n) is 19.6. The molecule has 0 unspecified atom stereocenters. The van der Waals surface area contributed by atoms with Gasteiger partial charge in [-0.15, -0.1) is 10.2 Å². The molecular weight excluding hydrogens is 426 g/mol. The van der Waals surface area contributed by atoms with Crippen LogP contribution >= 0.6 is 0 Å². The van der Waals surface area contributed by atoms with Crippen molar-refractivity contribution in [1.82, 2.24) is 25.1 Å². The van der Waals surface area contributed by atoms with Gasteiger partial charge in [0.2, 0.25) is 5.89 Å². The van der Waals surface area contributed by atoms with Crippen molar-refractivity contribution in [2.24, 2.45) is 11.8 Å². The van der Waals surface area contributed by atoms with Crippen molar-refractivity contribution in [3.8, 4) is 34.3 Å². The minimum Gasteiger partial charge on any atom is -0.415 e. The molecule has 172 valence electrons. The number of carbonyl (C=O) groups is 1. The highest BCUT2D eigenvalue weighted by atomic mass is 16.4. The molecule has 1 amide bonds. The third kappa shape index (κ3) is 4.33. The minimum absolute atomic E-state index is 0.0877. The molecule has 7 heteroatoms. The summed E-state index contributed by atoms with van der Waals surface area (Å²) in [5.41, 5.74) is 4.34. The first-order chi connectivity index (χ1) is 16.5. The van der Waals surface area contributed by atoms with Crippen LogP contribution in [0.1, 0.15) is 36.3 Å². The molecule has 1 saturated heterocycles. The summed E-state index contributed by atoms with van der Waals surface area (Å²) in [5, 5.41) is 8.35. The van der Waals surface area contributed by atoms with Gasteiger partial charge in [0, 0.05) is 29.8 Å². The van der Waals surface area contributed by atoms with Crippen molar-refractivity contribution in [2.75, 3.05) is 13.1 Å². The molecular formula is C27H27N5O2. The smallest absolute Gasteiger partial charge is 0.268 e. The van der Waals surface area contributed by atoms with Crippen LogP contribution in [0.4, 0.5) is 0 Å². The minimum atomic E-state index is 0.0877. The third-order valence-electron chi connectivity index (χ3n) is 6.49. The van der Waals surface area contributed by atoms with Crippen molar-refractivity contribution in [3.05, 3.63) is 72.1 Å². The lowest BCUT2D eigenvalue weighted by atomic mass is 9.95. The van der Waals surface area contributed by atoms with E-state index in [1.54, 1.807) is 6.20 Å². The summed E-state index contributed by atoms with van der Waals surface area (Å²) in [7, 11) is 0. The van der Waals surface area contributed by atoms with E-state index in [0.717, 1.165) is 30.6 Å². The number of hydrogen-bond acceptors (Lipinski definition) is 6. The Hall–Kier alpha value is -3.87. The molecule has 0 spiro atoms. The monoisotopic (exact) mass is 453 g/mol. The van der Waals surface area contributed by atoms with Gasteiger partial charge in [0.15, 0.2) is 0 Å². The lowest BCUT2D eigenvalue weighted by Gasteiger charge is -2.18. The Kier molecular flexibility index (Phi) is 5.92. The Bertz CT molecular complexity index is 1300. The lowest BCUT2D eigenvalue weighted by Crippen LogP contribution is -2.29. The molecule has 1 aliphatic heterocycles. The second-order valence-corrected chi connectivity index (χ2v) is 9.09. The molecule has 0 N–H and O–H groups in total. The summed E-state index contributed by atoms with van der Waals surface area (Å²) in [5.74, 6) is 2.02. The molecule has 34 heavy (non-hydrogen) atoms. The summed E-state index contributed by atoms with van der Waals surface area (Å²) in [6.07, 6.45) is 2.79. The number of rotatable bonds is 5. The molecule has 2 aromatic carbocycles. The molecule has 0 aliphatic carbocycles. The van der Waals surface area contributed by atoms with Crippen molar-refractivity contribution in [3.63, 3.8) is 0 Å². The maximum atomic E-state index is 12.9. The van der Waals surface area contributed by atoms with Gasteiger partial charge in [-0.1, -0.05) is 44.2 Å². The molecule has 0 saturated carbocycles. The second-order valence-electron chi connectivity index (χ2n) is 9.09. The average molecular weight is 454 g/mol. The normalized spacial score (nSPS) is 15.8. The van der Waals surface area contributed by atoms with Gasteiger partial charge in [-0.2, -0.15) is 0 Å². The summed E-state index contributed by atoms with van der Waals surface area (Å²) in [6, 6.07) is 17.2. The van der Waals surface area contributed by atoms with Crippen molar-refractivity contribution >= 4 is 5.91 Å². The van der Waals surface area contributed by atoms with Crippen LogP contribution in [-0.4, -0.2) is 44.1 Å². The van der Waals surface area contributed by atoms with Crippen LogP contribution in [0.15, 0.2) is 65.2 Å². The maximum absolute atomic E-state index is 12.9. The van der Waals surface area contributed by atoms with Gasteiger partial charge in [0.05, 0.1) is 17.6 Å². The molecule has 7 nitrogen and oxygen atoms in total. The number of benzene rings is 2. The molecule has 1 aliphatic rings. The van der Waals surface area contributed by atoms with Gasteiger partial charge < -0.3 is 9.32 Å². The Balaban J connectivity index is 1.37. The number of aromatic nitrogens is 4. The Labute approximate surface area is 198 Å². The van der Waals surface area contributed by atoms with Crippen LogP contribution in [0, 0.1) is 18.8 Å². The van der Waals surface area contributed by atoms with Crippen LogP contribution in [-0.2, 0) is 0 Å². The van der Waals surface area contributed by atoms with E-state index in [9.17, 15) is 4.79 Å². The van der Waals surface area contributed by atoms with Gasteiger partial charge in [0.25, 0.3) is 11.8 Å². The Morgan fingerprint density at radius 2 is 1.74 bits per heavy atom. The topological polar surface area (TPSA) is 85.0 Å². The van der Waals surface area contributed by atoms with Crippen LogP contribution in [0.2, 0.25) is 0 Å². The lowest BCUT2D eigenvalue weighted by molar-refractivity contribution is 0.0784. The first-order valence-corrected chi connectivity index (χ1v) is 11.6. The molecule has 2 aromatic heterocycles. The number of likely N-dealkylation sites (tertiary alicyclic amines) is 1. The summed E-state index contributed by atoms with van der Waals surface area (Å²) >= 11 is 0. The number of nitrogens with zero attached hydrogens (tertiary/aromatic N) is 5. The van der Waals surface area contributed by atoms with Crippen molar-refractivity contribution in [1.29, 1.82) is 0 Å². The average Bonchev–Trinajstić information content (AvgIpc) is 3.55. The van der Waals surface area contributed by atoms with E-state index in [1.165, 1.54) is 0 Å². The summed E-state index contributed by atoms with van der Waals surface area (Å²) in [6.45, 7) is 7.97. The third-order valence-corrected chi connectivity index (χ3v) is 6.49. The fourth-order valence-corrected chi connectivity index (χ4v) is 4.29.